The Morgan fingerprint density at radius 3 is 2.61 bits per heavy atom. The van der Waals surface area contributed by atoms with Crippen molar-refractivity contribution in [1.82, 2.24) is 4.90 Å². The van der Waals surface area contributed by atoms with Gasteiger partial charge in [-0.3, -0.25) is 9.69 Å². The van der Waals surface area contributed by atoms with Gasteiger partial charge < -0.3 is 5.32 Å². The lowest BCUT2D eigenvalue weighted by Crippen LogP contribution is -2.40. The van der Waals surface area contributed by atoms with Crippen LogP contribution in [0.25, 0.3) is 0 Å². The van der Waals surface area contributed by atoms with Crippen LogP contribution >= 0.6 is 11.6 Å². The van der Waals surface area contributed by atoms with Crippen LogP contribution in [0, 0.1) is 0 Å². The number of carbonyl (C=O) groups excluding carboxylic acids is 1. The van der Waals surface area contributed by atoms with Gasteiger partial charge >= 0.3 is 0 Å². The predicted molar refractivity (Wildman–Crippen MR) is 94.9 cm³/mol. The number of rotatable bonds is 4. The largest absolute Gasteiger partial charge is 0.323 e. The molecule has 0 spiro atoms. The van der Waals surface area contributed by atoms with Crippen molar-refractivity contribution < 1.29 is 4.79 Å². The Bertz CT molecular complexity index is 674. The summed E-state index contributed by atoms with van der Waals surface area (Å²) in [5.74, 6) is 0.499. The minimum absolute atomic E-state index is 0.00758. The molecule has 1 aliphatic rings. The molecule has 2 aromatic carbocycles. The van der Waals surface area contributed by atoms with Crippen LogP contribution in [0.2, 0.25) is 5.02 Å². The van der Waals surface area contributed by atoms with E-state index in [9.17, 15) is 4.79 Å². The summed E-state index contributed by atoms with van der Waals surface area (Å²) in [6.07, 6.45) is 1.09. The van der Waals surface area contributed by atoms with Gasteiger partial charge in [-0.1, -0.05) is 54.1 Å². The molecule has 2 atom stereocenters. The third-order valence-electron chi connectivity index (χ3n) is 4.55. The van der Waals surface area contributed by atoms with Gasteiger partial charge in [-0.25, -0.2) is 0 Å². The zero-order valence-electron chi connectivity index (χ0n) is 13.2. The number of nitrogens with zero attached hydrogens (tertiary/aromatic N) is 1. The second-order valence-corrected chi connectivity index (χ2v) is 6.44. The number of carbonyl (C=O) groups is 1. The first-order valence-corrected chi connectivity index (χ1v) is 8.37. The molecule has 0 bridgehead atoms. The lowest BCUT2D eigenvalue weighted by molar-refractivity contribution is -0.120. The standard InChI is InChI=1S/C19H21ClN2O/c1-14(19(23)21-18-10-6-5-9-17(18)20)22-12-11-16(13-22)15-7-3-2-4-8-15/h2-10,14,16H,11-13H2,1H3,(H,21,23). The maximum Gasteiger partial charge on any atom is 0.241 e. The minimum atomic E-state index is -0.167. The van der Waals surface area contributed by atoms with E-state index in [2.05, 4.69) is 34.5 Å². The molecule has 0 saturated carbocycles. The Morgan fingerprint density at radius 2 is 1.87 bits per heavy atom. The molecule has 1 saturated heterocycles. The molecule has 1 aliphatic heterocycles. The molecule has 23 heavy (non-hydrogen) atoms. The smallest absolute Gasteiger partial charge is 0.241 e. The lowest BCUT2D eigenvalue weighted by atomic mass is 9.99. The molecule has 1 N–H and O–H groups in total. The van der Waals surface area contributed by atoms with Crippen molar-refractivity contribution in [2.75, 3.05) is 18.4 Å². The van der Waals surface area contributed by atoms with E-state index in [-0.39, 0.29) is 11.9 Å². The average Bonchev–Trinajstić information content (AvgIpc) is 3.07. The minimum Gasteiger partial charge on any atom is -0.323 e. The molecule has 2 unspecified atom stereocenters. The van der Waals surface area contributed by atoms with E-state index in [1.54, 1.807) is 6.07 Å². The van der Waals surface area contributed by atoms with E-state index in [1.807, 2.05) is 31.2 Å². The van der Waals surface area contributed by atoms with Gasteiger partial charge in [0.1, 0.15) is 0 Å². The van der Waals surface area contributed by atoms with Gasteiger partial charge in [-0.05, 0) is 43.5 Å². The number of hydrogen-bond donors (Lipinski definition) is 1. The molecule has 3 rings (SSSR count). The van der Waals surface area contributed by atoms with Crippen LogP contribution in [0.5, 0.6) is 0 Å². The third-order valence-corrected chi connectivity index (χ3v) is 4.88. The fraction of sp³-hybridized carbons (Fsp3) is 0.316. The van der Waals surface area contributed by atoms with E-state index in [0.717, 1.165) is 19.5 Å². The van der Waals surface area contributed by atoms with E-state index in [1.165, 1.54) is 5.56 Å². The van der Waals surface area contributed by atoms with Crippen LogP contribution in [0.4, 0.5) is 5.69 Å². The van der Waals surface area contributed by atoms with Crippen molar-refractivity contribution in [3.8, 4) is 0 Å². The Morgan fingerprint density at radius 1 is 1.17 bits per heavy atom. The van der Waals surface area contributed by atoms with E-state index >= 15 is 0 Å². The van der Waals surface area contributed by atoms with Crippen LogP contribution < -0.4 is 5.32 Å². The van der Waals surface area contributed by atoms with Crippen LogP contribution in [0.1, 0.15) is 24.8 Å². The summed E-state index contributed by atoms with van der Waals surface area (Å²) in [4.78, 5) is 14.7. The summed E-state index contributed by atoms with van der Waals surface area (Å²) in [6, 6.07) is 17.7. The summed E-state index contributed by atoms with van der Waals surface area (Å²) in [6.45, 7) is 3.82. The highest BCUT2D eigenvalue weighted by atomic mass is 35.5. The topological polar surface area (TPSA) is 32.3 Å². The van der Waals surface area contributed by atoms with Gasteiger partial charge in [-0.2, -0.15) is 0 Å². The molecule has 0 aliphatic carbocycles. The molecular formula is C19H21ClN2O. The van der Waals surface area contributed by atoms with E-state index < -0.39 is 0 Å². The van der Waals surface area contributed by atoms with Crippen molar-refractivity contribution in [3.05, 3.63) is 65.2 Å². The summed E-state index contributed by atoms with van der Waals surface area (Å²) in [5.41, 5.74) is 2.03. The van der Waals surface area contributed by atoms with Crippen molar-refractivity contribution in [1.29, 1.82) is 0 Å². The van der Waals surface area contributed by atoms with Crippen LogP contribution in [-0.2, 0) is 4.79 Å². The highest BCUT2D eigenvalue weighted by Gasteiger charge is 2.30. The quantitative estimate of drug-likeness (QED) is 0.914. The first-order valence-electron chi connectivity index (χ1n) is 7.99. The SMILES string of the molecule is CC(C(=O)Nc1ccccc1Cl)N1CCC(c2ccccc2)C1. The number of nitrogens with one attached hydrogen (secondary N) is 1. The molecular weight excluding hydrogens is 308 g/mol. The number of para-hydroxylation sites is 1. The highest BCUT2D eigenvalue weighted by molar-refractivity contribution is 6.33. The predicted octanol–water partition coefficient (Wildman–Crippen LogP) is 4.16. The maximum absolute atomic E-state index is 12.5. The van der Waals surface area contributed by atoms with Crippen molar-refractivity contribution >= 4 is 23.2 Å². The molecule has 1 amide bonds. The number of benzene rings is 2. The van der Waals surface area contributed by atoms with Gasteiger partial charge in [0.15, 0.2) is 0 Å². The number of anilines is 1. The third kappa shape index (κ3) is 3.74. The summed E-state index contributed by atoms with van der Waals surface area (Å²) < 4.78 is 0. The highest BCUT2D eigenvalue weighted by Crippen LogP contribution is 2.28. The number of hydrogen-bond acceptors (Lipinski definition) is 2. The molecule has 120 valence electrons. The maximum atomic E-state index is 12.5. The molecule has 1 fully saturated rings. The molecule has 3 nitrogen and oxygen atoms in total. The molecule has 4 heteroatoms. The number of halogens is 1. The fourth-order valence-corrected chi connectivity index (χ4v) is 3.28. The van der Waals surface area contributed by atoms with Crippen molar-refractivity contribution in [3.63, 3.8) is 0 Å². The second kappa shape index (κ2) is 7.16. The zero-order valence-corrected chi connectivity index (χ0v) is 14.0. The molecule has 0 aromatic heterocycles. The van der Waals surface area contributed by atoms with Crippen LogP contribution in [0.15, 0.2) is 54.6 Å². The van der Waals surface area contributed by atoms with Gasteiger partial charge in [0.2, 0.25) is 5.91 Å². The Kier molecular flexibility index (Phi) is 4.99. The molecule has 0 radical (unpaired) electrons. The first kappa shape index (κ1) is 16.0. The van der Waals surface area contributed by atoms with Gasteiger partial charge in [0, 0.05) is 6.54 Å². The number of likely N-dealkylation sites (tertiary alicyclic amines) is 1. The normalized spacial score (nSPS) is 19.5. The molecule has 2 aromatic rings. The summed E-state index contributed by atoms with van der Waals surface area (Å²) in [5, 5.41) is 3.50. The second-order valence-electron chi connectivity index (χ2n) is 6.04. The van der Waals surface area contributed by atoms with Crippen LogP contribution in [0.3, 0.4) is 0 Å². The first-order chi connectivity index (χ1) is 11.1. The van der Waals surface area contributed by atoms with Gasteiger partial charge in [0.25, 0.3) is 0 Å². The average molecular weight is 329 g/mol. The van der Waals surface area contributed by atoms with Gasteiger partial charge in [-0.15, -0.1) is 0 Å². The number of amides is 1. The van der Waals surface area contributed by atoms with E-state index in [0.29, 0.717) is 16.6 Å². The lowest BCUT2D eigenvalue weighted by Gasteiger charge is -2.23. The molecule has 1 heterocycles. The van der Waals surface area contributed by atoms with Crippen molar-refractivity contribution in [2.45, 2.75) is 25.3 Å². The Labute approximate surface area is 142 Å². The summed E-state index contributed by atoms with van der Waals surface area (Å²) in [7, 11) is 0. The fourth-order valence-electron chi connectivity index (χ4n) is 3.10. The van der Waals surface area contributed by atoms with E-state index in [4.69, 9.17) is 11.6 Å². The van der Waals surface area contributed by atoms with Crippen molar-refractivity contribution in [2.24, 2.45) is 0 Å². The summed E-state index contributed by atoms with van der Waals surface area (Å²) >= 11 is 6.11. The monoisotopic (exact) mass is 328 g/mol. The Hall–Kier alpha value is -1.84. The van der Waals surface area contributed by atoms with Gasteiger partial charge in [0.05, 0.1) is 16.8 Å². The Balaban J connectivity index is 1.61. The zero-order chi connectivity index (χ0) is 16.2. The van der Waals surface area contributed by atoms with Crippen LogP contribution in [-0.4, -0.2) is 29.9 Å².